The molecule has 0 radical (unpaired) electrons. The fourth-order valence-corrected chi connectivity index (χ4v) is 3.17. The minimum absolute atomic E-state index is 0.0805. The van der Waals surface area contributed by atoms with Crippen LogP contribution in [-0.4, -0.2) is 31.9 Å². The average Bonchev–Trinajstić information content (AvgIpc) is 3.02. The Morgan fingerprint density at radius 1 is 1.30 bits per heavy atom. The number of nitrogens with zero attached hydrogens (tertiary/aromatic N) is 4. The molecule has 1 aromatic carbocycles. The van der Waals surface area contributed by atoms with Crippen LogP contribution in [0.2, 0.25) is 5.02 Å². The monoisotopic (exact) mass is 418 g/mol. The van der Waals surface area contributed by atoms with Crippen LogP contribution in [0.15, 0.2) is 41.7 Å². The summed E-state index contributed by atoms with van der Waals surface area (Å²) in [5, 5.41) is 18.6. The van der Waals surface area contributed by atoms with Gasteiger partial charge in [-0.3, -0.25) is 14.5 Å². The summed E-state index contributed by atoms with van der Waals surface area (Å²) in [7, 11) is 0. The van der Waals surface area contributed by atoms with Crippen LogP contribution in [0.1, 0.15) is 5.56 Å². The zero-order valence-corrected chi connectivity index (χ0v) is 14.9. The van der Waals surface area contributed by atoms with E-state index in [1.165, 1.54) is 18.2 Å². The molecule has 12 heteroatoms. The number of alkyl halides is 3. The van der Waals surface area contributed by atoms with Gasteiger partial charge in [0.05, 0.1) is 22.1 Å². The average molecular weight is 419 g/mol. The Bertz CT molecular complexity index is 996. The van der Waals surface area contributed by atoms with Crippen LogP contribution >= 0.6 is 23.4 Å². The van der Waals surface area contributed by atoms with Crippen molar-refractivity contribution in [3.05, 3.63) is 57.2 Å². The standard InChI is InChI=1S/C15H10ClF3N4O3S/c16-10-7-9(15(17,18)19)8-22-13(10)20-21-14(22)27-6-5-26-12-4-2-1-3-11(12)23(24)25/h1-4,7-8H,5-6H2. The topological polar surface area (TPSA) is 82.6 Å². The Balaban J connectivity index is 1.71. The van der Waals surface area contributed by atoms with E-state index in [9.17, 15) is 23.3 Å². The number of para-hydroxylation sites is 2. The molecular weight excluding hydrogens is 409 g/mol. The summed E-state index contributed by atoms with van der Waals surface area (Å²) >= 11 is 6.94. The fourth-order valence-electron chi connectivity index (χ4n) is 2.20. The van der Waals surface area contributed by atoms with Gasteiger partial charge >= 0.3 is 11.9 Å². The molecule has 0 unspecified atom stereocenters. The number of fused-ring (bicyclic) bond motifs is 1. The smallest absolute Gasteiger partial charge is 0.417 e. The van der Waals surface area contributed by atoms with E-state index in [0.29, 0.717) is 0 Å². The number of rotatable bonds is 6. The normalized spacial score (nSPS) is 11.7. The summed E-state index contributed by atoms with van der Waals surface area (Å²) in [4.78, 5) is 10.4. The Hall–Kier alpha value is -2.53. The third kappa shape index (κ3) is 4.25. The minimum atomic E-state index is -4.56. The number of benzene rings is 1. The molecule has 2 heterocycles. The maximum atomic E-state index is 12.9. The predicted molar refractivity (Wildman–Crippen MR) is 92.3 cm³/mol. The van der Waals surface area contributed by atoms with E-state index in [1.807, 2.05) is 0 Å². The van der Waals surface area contributed by atoms with E-state index in [1.54, 1.807) is 6.07 Å². The molecule has 0 aliphatic carbocycles. The van der Waals surface area contributed by atoms with Gasteiger partial charge in [-0.15, -0.1) is 10.2 Å². The van der Waals surface area contributed by atoms with Gasteiger partial charge in [0, 0.05) is 18.0 Å². The highest BCUT2D eigenvalue weighted by atomic mass is 35.5. The van der Waals surface area contributed by atoms with Crippen molar-refractivity contribution in [3.8, 4) is 5.75 Å². The minimum Gasteiger partial charge on any atom is -0.486 e. The van der Waals surface area contributed by atoms with Crippen molar-refractivity contribution in [2.24, 2.45) is 0 Å². The number of hydrogen-bond acceptors (Lipinski definition) is 6. The highest BCUT2D eigenvalue weighted by Crippen LogP contribution is 2.33. The second kappa shape index (κ2) is 7.61. The van der Waals surface area contributed by atoms with E-state index in [4.69, 9.17) is 16.3 Å². The van der Waals surface area contributed by atoms with Gasteiger partial charge in [-0.1, -0.05) is 35.5 Å². The summed E-state index contributed by atoms with van der Waals surface area (Å²) in [5.41, 5.74) is -0.985. The first-order chi connectivity index (χ1) is 12.8. The van der Waals surface area contributed by atoms with Gasteiger partial charge in [0.15, 0.2) is 16.6 Å². The molecule has 0 atom stereocenters. The molecule has 2 aromatic heterocycles. The van der Waals surface area contributed by atoms with Gasteiger partial charge in [0.2, 0.25) is 0 Å². The molecule has 0 saturated carbocycles. The van der Waals surface area contributed by atoms with E-state index in [-0.39, 0.29) is 39.6 Å². The molecule has 3 rings (SSSR count). The molecule has 0 aliphatic heterocycles. The van der Waals surface area contributed by atoms with Crippen molar-refractivity contribution in [1.82, 2.24) is 14.6 Å². The number of pyridine rings is 1. The third-order valence-electron chi connectivity index (χ3n) is 3.39. The summed E-state index contributed by atoms with van der Waals surface area (Å²) in [6.07, 6.45) is -3.69. The molecule has 3 aromatic rings. The zero-order chi connectivity index (χ0) is 19.6. The molecule has 0 fully saturated rings. The summed E-state index contributed by atoms with van der Waals surface area (Å²) in [6.45, 7) is 0.0805. The van der Waals surface area contributed by atoms with Crippen molar-refractivity contribution >= 4 is 34.7 Å². The first-order valence-corrected chi connectivity index (χ1v) is 8.74. The van der Waals surface area contributed by atoms with Crippen LogP contribution < -0.4 is 4.74 Å². The highest BCUT2D eigenvalue weighted by Gasteiger charge is 2.32. The van der Waals surface area contributed by atoms with Crippen LogP contribution in [-0.2, 0) is 6.18 Å². The van der Waals surface area contributed by atoms with Gasteiger partial charge in [-0.05, 0) is 12.1 Å². The second-order valence-corrected chi connectivity index (χ2v) is 6.64. The van der Waals surface area contributed by atoms with Gasteiger partial charge in [0.1, 0.15) is 0 Å². The van der Waals surface area contributed by atoms with Crippen LogP contribution in [0.25, 0.3) is 5.65 Å². The van der Waals surface area contributed by atoms with Crippen molar-refractivity contribution in [2.75, 3.05) is 12.4 Å². The maximum absolute atomic E-state index is 12.9. The van der Waals surface area contributed by atoms with E-state index >= 15 is 0 Å². The van der Waals surface area contributed by atoms with Crippen molar-refractivity contribution in [2.45, 2.75) is 11.3 Å². The van der Waals surface area contributed by atoms with Crippen LogP contribution in [0.5, 0.6) is 5.75 Å². The molecule has 0 N–H and O–H groups in total. The highest BCUT2D eigenvalue weighted by molar-refractivity contribution is 7.99. The van der Waals surface area contributed by atoms with Crippen LogP contribution in [0.4, 0.5) is 18.9 Å². The lowest BCUT2D eigenvalue weighted by Crippen LogP contribution is -2.07. The molecule has 0 amide bonds. The molecule has 0 aliphatic rings. The Kier molecular flexibility index (Phi) is 5.42. The molecule has 142 valence electrons. The number of nitro benzene ring substituents is 1. The number of ether oxygens (including phenoxy) is 1. The van der Waals surface area contributed by atoms with Crippen molar-refractivity contribution in [1.29, 1.82) is 0 Å². The molecular formula is C15H10ClF3N4O3S. The number of nitro groups is 1. The number of thioether (sulfide) groups is 1. The van der Waals surface area contributed by atoms with Gasteiger partial charge in [0.25, 0.3) is 0 Å². The SMILES string of the molecule is O=[N+]([O-])c1ccccc1OCCSc1nnc2c(Cl)cc(C(F)(F)F)cn12. The predicted octanol–water partition coefficient (Wildman–Crippen LogP) is 4.48. The van der Waals surface area contributed by atoms with Gasteiger partial charge in [-0.2, -0.15) is 13.2 Å². The summed E-state index contributed by atoms with van der Waals surface area (Å²) in [6, 6.07) is 6.68. The number of hydrogen-bond donors (Lipinski definition) is 0. The Morgan fingerprint density at radius 3 is 2.74 bits per heavy atom. The lowest BCUT2D eigenvalue weighted by molar-refractivity contribution is -0.385. The molecule has 0 bridgehead atoms. The Labute approximate surface area is 159 Å². The first kappa shape index (κ1) is 19.2. The second-order valence-electron chi connectivity index (χ2n) is 5.17. The quantitative estimate of drug-likeness (QED) is 0.254. The summed E-state index contributed by atoms with van der Waals surface area (Å²) in [5.74, 6) is 0.386. The van der Waals surface area contributed by atoms with E-state index in [0.717, 1.165) is 28.4 Å². The first-order valence-electron chi connectivity index (χ1n) is 7.38. The van der Waals surface area contributed by atoms with E-state index in [2.05, 4.69) is 10.2 Å². The number of halogens is 4. The van der Waals surface area contributed by atoms with Gasteiger partial charge < -0.3 is 4.74 Å². The number of aromatic nitrogens is 3. The molecule has 27 heavy (non-hydrogen) atoms. The zero-order valence-electron chi connectivity index (χ0n) is 13.3. The van der Waals surface area contributed by atoms with Crippen LogP contribution in [0, 0.1) is 10.1 Å². The molecule has 7 nitrogen and oxygen atoms in total. The van der Waals surface area contributed by atoms with Gasteiger partial charge in [-0.25, -0.2) is 0 Å². The van der Waals surface area contributed by atoms with E-state index < -0.39 is 16.7 Å². The van der Waals surface area contributed by atoms with Crippen LogP contribution in [0.3, 0.4) is 0 Å². The van der Waals surface area contributed by atoms with Crippen molar-refractivity contribution in [3.63, 3.8) is 0 Å². The van der Waals surface area contributed by atoms with Crippen molar-refractivity contribution < 1.29 is 22.8 Å². The summed E-state index contributed by atoms with van der Waals surface area (Å²) < 4.78 is 45.3. The fraction of sp³-hybridized carbons (Fsp3) is 0.200. The lowest BCUT2D eigenvalue weighted by atomic mass is 10.3. The molecule has 0 saturated heterocycles. The lowest BCUT2D eigenvalue weighted by Gasteiger charge is -2.09. The Morgan fingerprint density at radius 2 is 2.04 bits per heavy atom. The third-order valence-corrected chi connectivity index (χ3v) is 4.58. The maximum Gasteiger partial charge on any atom is 0.417 e. The molecule has 0 spiro atoms. The largest absolute Gasteiger partial charge is 0.486 e.